The first-order valence-corrected chi connectivity index (χ1v) is 6.67. The zero-order valence-electron chi connectivity index (χ0n) is 13.0. The van der Waals surface area contributed by atoms with E-state index < -0.39 is 35.3 Å². The number of amides is 1. The molecule has 0 radical (unpaired) electrons. The van der Waals surface area contributed by atoms with Gasteiger partial charge in [-0.05, 0) is 32.4 Å². The van der Waals surface area contributed by atoms with E-state index in [0.717, 1.165) is 7.11 Å². The Balaban J connectivity index is 2.88. The highest BCUT2D eigenvalue weighted by Crippen LogP contribution is 2.20. The van der Waals surface area contributed by atoms with Crippen molar-refractivity contribution in [3.63, 3.8) is 0 Å². The fourth-order valence-electron chi connectivity index (χ4n) is 1.73. The van der Waals surface area contributed by atoms with E-state index >= 15 is 0 Å². The molecule has 0 unspecified atom stereocenters. The average Bonchev–Trinajstić information content (AvgIpc) is 2.40. The van der Waals surface area contributed by atoms with E-state index in [1.807, 2.05) is 0 Å². The maximum Gasteiger partial charge on any atom is 0.408 e. The largest absolute Gasteiger partial charge is 0.505 e. The minimum Gasteiger partial charge on any atom is -0.505 e. The van der Waals surface area contributed by atoms with Gasteiger partial charge in [-0.3, -0.25) is 0 Å². The first-order chi connectivity index (χ1) is 10.1. The molecule has 2 N–H and O–H groups in total. The predicted molar refractivity (Wildman–Crippen MR) is 76.9 cm³/mol. The summed E-state index contributed by atoms with van der Waals surface area (Å²) in [6.45, 7) is 5.03. The van der Waals surface area contributed by atoms with Gasteiger partial charge in [-0.2, -0.15) is 0 Å². The molecule has 0 aromatic heterocycles. The molecule has 0 saturated carbocycles. The van der Waals surface area contributed by atoms with Gasteiger partial charge in [-0.15, -0.1) is 0 Å². The van der Waals surface area contributed by atoms with Crippen molar-refractivity contribution in [1.82, 2.24) is 5.32 Å². The standard InChI is InChI=1S/C15H20FNO5/c1-15(2,3)22-14(20)17-10(13(19)21-4)8-9-6-5-7-11(18)12(9)16/h5-7,10,18H,8H2,1-4H3,(H,17,20)/t10-/m0/s1. The van der Waals surface area contributed by atoms with E-state index in [-0.39, 0.29) is 12.0 Å². The third-order valence-electron chi connectivity index (χ3n) is 2.66. The van der Waals surface area contributed by atoms with Crippen LogP contribution >= 0.6 is 0 Å². The molecule has 1 rings (SSSR count). The van der Waals surface area contributed by atoms with E-state index in [0.29, 0.717) is 0 Å². The van der Waals surface area contributed by atoms with Gasteiger partial charge in [0.2, 0.25) is 0 Å². The summed E-state index contributed by atoms with van der Waals surface area (Å²) in [4.78, 5) is 23.5. The van der Waals surface area contributed by atoms with Crippen molar-refractivity contribution in [2.45, 2.75) is 38.8 Å². The quantitative estimate of drug-likeness (QED) is 0.832. The Bertz CT molecular complexity index is 553. The highest BCUT2D eigenvalue weighted by atomic mass is 19.1. The molecule has 22 heavy (non-hydrogen) atoms. The van der Waals surface area contributed by atoms with Crippen LogP contribution in [0.5, 0.6) is 5.75 Å². The first kappa shape index (κ1) is 17.7. The maximum atomic E-state index is 13.8. The van der Waals surface area contributed by atoms with E-state index in [1.165, 1.54) is 18.2 Å². The van der Waals surface area contributed by atoms with Crippen molar-refractivity contribution in [3.05, 3.63) is 29.6 Å². The number of carbonyl (C=O) groups is 2. The molecule has 122 valence electrons. The highest BCUT2D eigenvalue weighted by Gasteiger charge is 2.26. The maximum absolute atomic E-state index is 13.8. The summed E-state index contributed by atoms with van der Waals surface area (Å²) in [6.07, 6.45) is -0.991. The van der Waals surface area contributed by atoms with E-state index in [4.69, 9.17) is 4.74 Å². The van der Waals surface area contributed by atoms with Gasteiger partial charge < -0.3 is 19.9 Å². The third kappa shape index (κ3) is 5.23. The summed E-state index contributed by atoms with van der Waals surface area (Å²) in [5.41, 5.74) is -0.660. The second kappa shape index (κ2) is 7.11. The number of benzene rings is 1. The number of aromatic hydroxyl groups is 1. The second-order valence-electron chi connectivity index (χ2n) is 5.68. The van der Waals surface area contributed by atoms with E-state index in [9.17, 15) is 19.1 Å². The number of esters is 1. The Morgan fingerprint density at radius 1 is 1.36 bits per heavy atom. The Morgan fingerprint density at radius 2 is 2.00 bits per heavy atom. The van der Waals surface area contributed by atoms with Gasteiger partial charge in [0.1, 0.15) is 11.6 Å². The molecule has 0 fully saturated rings. The molecule has 1 aromatic rings. The molecule has 0 heterocycles. The Labute approximate surface area is 128 Å². The number of hydrogen-bond donors (Lipinski definition) is 2. The third-order valence-corrected chi connectivity index (χ3v) is 2.66. The summed E-state index contributed by atoms with van der Waals surface area (Å²) in [7, 11) is 1.16. The van der Waals surface area contributed by atoms with Crippen molar-refractivity contribution in [2.75, 3.05) is 7.11 Å². The van der Waals surface area contributed by atoms with Gasteiger partial charge >= 0.3 is 12.1 Å². The number of phenols is 1. The van der Waals surface area contributed by atoms with Gasteiger partial charge in [0.05, 0.1) is 7.11 Å². The summed E-state index contributed by atoms with van der Waals surface area (Å²) in [5, 5.41) is 11.7. The minimum atomic E-state index is -1.13. The molecule has 1 aromatic carbocycles. The van der Waals surface area contributed by atoms with Crippen molar-refractivity contribution in [2.24, 2.45) is 0 Å². The number of carbonyl (C=O) groups excluding carboxylic acids is 2. The van der Waals surface area contributed by atoms with Crippen LogP contribution < -0.4 is 5.32 Å². The number of methoxy groups -OCH3 is 1. The Kier molecular flexibility index (Phi) is 5.73. The number of rotatable bonds is 4. The summed E-state index contributed by atoms with van der Waals surface area (Å²) >= 11 is 0. The molecular weight excluding hydrogens is 293 g/mol. The van der Waals surface area contributed by atoms with Crippen LogP contribution in [-0.2, 0) is 20.7 Å². The SMILES string of the molecule is COC(=O)[C@H](Cc1cccc(O)c1F)NC(=O)OC(C)(C)C. The Hall–Kier alpha value is -2.31. The van der Waals surface area contributed by atoms with Crippen LogP contribution in [0.25, 0.3) is 0 Å². The highest BCUT2D eigenvalue weighted by molar-refractivity contribution is 5.81. The number of halogens is 1. The molecular formula is C15H20FNO5. The molecule has 0 spiro atoms. The van der Waals surface area contributed by atoms with Gasteiger partial charge in [0, 0.05) is 6.42 Å². The average molecular weight is 313 g/mol. The fraction of sp³-hybridized carbons (Fsp3) is 0.467. The van der Waals surface area contributed by atoms with E-state index in [2.05, 4.69) is 10.1 Å². The lowest BCUT2D eigenvalue weighted by Gasteiger charge is -2.22. The van der Waals surface area contributed by atoms with Crippen LogP contribution in [0.15, 0.2) is 18.2 Å². The lowest BCUT2D eigenvalue weighted by atomic mass is 10.0. The number of ether oxygens (including phenoxy) is 2. The predicted octanol–water partition coefficient (Wildman–Crippen LogP) is 2.14. The van der Waals surface area contributed by atoms with Crippen molar-refractivity contribution in [3.8, 4) is 5.75 Å². The smallest absolute Gasteiger partial charge is 0.408 e. The normalized spacial score (nSPS) is 12.4. The molecule has 6 nitrogen and oxygen atoms in total. The number of nitrogens with one attached hydrogen (secondary N) is 1. The van der Waals surface area contributed by atoms with E-state index in [1.54, 1.807) is 20.8 Å². The lowest BCUT2D eigenvalue weighted by Crippen LogP contribution is -2.45. The monoisotopic (exact) mass is 313 g/mol. The van der Waals surface area contributed by atoms with Crippen LogP contribution in [0, 0.1) is 5.82 Å². The molecule has 1 amide bonds. The van der Waals surface area contributed by atoms with Crippen LogP contribution in [0.3, 0.4) is 0 Å². The van der Waals surface area contributed by atoms with Crippen molar-refractivity contribution in [1.29, 1.82) is 0 Å². The van der Waals surface area contributed by atoms with Gasteiger partial charge in [0.25, 0.3) is 0 Å². The molecule has 0 aliphatic heterocycles. The summed E-state index contributed by atoms with van der Waals surface area (Å²) in [6, 6.07) is 2.90. The van der Waals surface area contributed by atoms with Gasteiger partial charge in [-0.1, -0.05) is 12.1 Å². The number of alkyl carbamates (subject to hydrolysis) is 1. The zero-order valence-corrected chi connectivity index (χ0v) is 13.0. The zero-order chi connectivity index (χ0) is 16.9. The topological polar surface area (TPSA) is 84.9 Å². The molecule has 1 atom stereocenters. The second-order valence-corrected chi connectivity index (χ2v) is 5.68. The summed E-state index contributed by atoms with van der Waals surface area (Å²) in [5.74, 6) is -2.12. The van der Waals surface area contributed by atoms with Crippen LogP contribution in [0.1, 0.15) is 26.3 Å². The van der Waals surface area contributed by atoms with Crippen LogP contribution in [0.4, 0.5) is 9.18 Å². The number of phenolic OH excluding ortho intramolecular Hbond substituents is 1. The molecule has 0 saturated heterocycles. The molecule has 0 aliphatic carbocycles. The number of hydrogen-bond acceptors (Lipinski definition) is 5. The molecule has 0 aliphatic rings. The first-order valence-electron chi connectivity index (χ1n) is 6.67. The minimum absolute atomic E-state index is 0.0754. The van der Waals surface area contributed by atoms with Crippen molar-refractivity contribution >= 4 is 12.1 Å². The van der Waals surface area contributed by atoms with Crippen LogP contribution in [0.2, 0.25) is 0 Å². The molecule has 0 bridgehead atoms. The molecule has 7 heteroatoms. The van der Waals surface area contributed by atoms with Gasteiger partial charge in [-0.25, -0.2) is 14.0 Å². The fourth-order valence-corrected chi connectivity index (χ4v) is 1.73. The van der Waals surface area contributed by atoms with Crippen LogP contribution in [-0.4, -0.2) is 35.9 Å². The summed E-state index contributed by atoms with van der Waals surface area (Å²) < 4.78 is 23.4. The lowest BCUT2D eigenvalue weighted by molar-refractivity contribution is -0.143. The van der Waals surface area contributed by atoms with Gasteiger partial charge in [0.15, 0.2) is 11.6 Å². The van der Waals surface area contributed by atoms with Crippen molar-refractivity contribution < 1.29 is 28.6 Å². The Morgan fingerprint density at radius 3 is 2.55 bits per heavy atom.